The van der Waals surface area contributed by atoms with Crippen LogP contribution >= 0.6 is 0 Å². The zero-order valence-corrected chi connectivity index (χ0v) is 16.6. The first-order chi connectivity index (χ1) is 14.2. The van der Waals surface area contributed by atoms with E-state index < -0.39 is 0 Å². The Labute approximate surface area is 169 Å². The molecule has 2 heterocycles. The van der Waals surface area contributed by atoms with Gasteiger partial charge in [0.25, 0.3) is 5.91 Å². The molecule has 7 nitrogen and oxygen atoms in total. The van der Waals surface area contributed by atoms with Crippen LogP contribution in [-0.2, 0) is 0 Å². The Hall–Kier alpha value is -3.48. The zero-order chi connectivity index (χ0) is 20.2. The highest BCUT2D eigenvalue weighted by Gasteiger charge is 2.26. The van der Waals surface area contributed by atoms with Gasteiger partial charge in [-0.25, -0.2) is 0 Å². The molecule has 150 valence electrons. The Morgan fingerprint density at radius 1 is 0.966 bits per heavy atom. The summed E-state index contributed by atoms with van der Waals surface area (Å²) in [7, 11) is 3.12. The van der Waals surface area contributed by atoms with Gasteiger partial charge in [0.2, 0.25) is 0 Å². The van der Waals surface area contributed by atoms with Crippen LogP contribution in [0.15, 0.2) is 54.6 Å². The third-order valence-electron chi connectivity index (χ3n) is 5.17. The summed E-state index contributed by atoms with van der Waals surface area (Å²) in [6.45, 7) is 2.67. The maximum absolute atomic E-state index is 13.0. The minimum absolute atomic E-state index is 0.0487. The first-order valence-electron chi connectivity index (χ1n) is 9.57. The topological polar surface area (TPSA) is 70.7 Å². The highest BCUT2D eigenvalue weighted by molar-refractivity contribution is 5.98. The summed E-state index contributed by atoms with van der Waals surface area (Å²) in [5, 5.41) is 7.56. The summed E-state index contributed by atoms with van der Waals surface area (Å²) in [6, 6.07) is 17.5. The lowest BCUT2D eigenvalue weighted by atomic mass is 10.1. The van der Waals surface area contributed by atoms with Crippen LogP contribution in [-0.4, -0.2) is 61.4 Å². The first kappa shape index (κ1) is 18.9. The van der Waals surface area contributed by atoms with E-state index in [1.165, 1.54) is 0 Å². The van der Waals surface area contributed by atoms with Crippen molar-refractivity contribution in [2.24, 2.45) is 0 Å². The van der Waals surface area contributed by atoms with E-state index in [-0.39, 0.29) is 5.91 Å². The largest absolute Gasteiger partial charge is 0.493 e. The van der Waals surface area contributed by atoms with Gasteiger partial charge in [0, 0.05) is 32.2 Å². The molecule has 0 radical (unpaired) electrons. The zero-order valence-electron chi connectivity index (χ0n) is 16.6. The molecule has 2 aromatic carbocycles. The Morgan fingerprint density at radius 2 is 1.72 bits per heavy atom. The second-order valence-electron chi connectivity index (χ2n) is 6.83. The van der Waals surface area contributed by atoms with E-state index in [1.807, 2.05) is 23.1 Å². The molecule has 0 spiro atoms. The minimum atomic E-state index is -0.0487. The molecule has 1 amide bonds. The molecule has 3 aromatic rings. The lowest BCUT2D eigenvalue weighted by molar-refractivity contribution is 0.0742. The lowest BCUT2D eigenvalue weighted by Crippen LogP contribution is -2.49. The molecule has 1 aliphatic rings. The molecular weight excluding hydrogens is 368 g/mol. The molecule has 0 saturated carbocycles. The fraction of sp³-hybridized carbons (Fsp3) is 0.273. The first-order valence-corrected chi connectivity index (χ1v) is 9.57. The van der Waals surface area contributed by atoms with E-state index in [0.717, 1.165) is 30.2 Å². The van der Waals surface area contributed by atoms with Gasteiger partial charge in [-0.3, -0.25) is 9.89 Å². The Morgan fingerprint density at radius 3 is 2.41 bits per heavy atom. The van der Waals surface area contributed by atoms with E-state index in [2.05, 4.69) is 33.3 Å². The average molecular weight is 392 g/mol. The summed E-state index contributed by atoms with van der Waals surface area (Å²) in [5.74, 6) is 1.88. The SMILES string of the molecule is COc1cccc(C(=O)N2CCN(c3cc(-c4ccccc4)[nH]n3)CC2)c1OC. The van der Waals surface area contributed by atoms with Crippen LogP contribution in [0.3, 0.4) is 0 Å². The summed E-state index contributed by atoms with van der Waals surface area (Å²) in [5.41, 5.74) is 2.61. The number of hydrogen-bond acceptors (Lipinski definition) is 5. The van der Waals surface area contributed by atoms with Crippen LogP contribution in [0.4, 0.5) is 5.82 Å². The number of aromatic nitrogens is 2. The second kappa shape index (κ2) is 8.26. The summed E-state index contributed by atoms with van der Waals surface area (Å²) >= 11 is 0. The molecule has 1 aliphatic heterocycles. The third kappa shape index (κ3) is 3.76. The van der Waals surface area contributed by atoms with Crippen molar-refractivity contribution in [3.63, 3.8) is 0 Å². The monoisotopic (exact) mass is 392 g/mol. The van der Waals surface area contributed by atoms with Crippen LogP contribution in [0.5, 0.6) is 11.5 Å². The number of para-hydroxylation sites is 1. The molecule has 1 aromatic heterocycles. The third-order valence-corrected chi connectivity index (χ3v) is 5.17. The number of benzene rings is 2. The summed E-state index contributed by atoms with van der Waals surface area (Å²) in [4.78, 5) is 17.1. The molecule has 0 bridgehead atoms. The van der Waals surface area contributed by atoms with Gasteiger partial charge >= 0.3 is 0 Å². The number of carbonyl (C=O) groups is 1. The van der Waals surface area contributed by atoms with Crippen LogP contribution in [0.25, 0.3) is 11.3 Å². The molecule has 1 fully saturated rings. The minimum Gasteiger partial charge on any atom is -0.493 e. The predicted molar refractivity (Wildman–Crippen MR) is 112 cm³/mol. The molecule has 29 heavy (non-hydrogen) atoms. The van der Waals surface area contributed by atoms with Gasteiger partial charge in [-0.2, -0.15) is 5.10 Å². The van der Waals surface area contributed by atoms with E-state index >= 15 is 0 Å². The number of H-pyrrole nitrogens is 1. The van der Waals surface area contributed by atoms with E-state index in [0.29, 0.717) is 30.2 Å². The number of rotatable bonds is 5. The van der Waals surface area contributed by atoms with Crippen molar-refractivity contribution in [2.75, 3.05) is 45.3 Å². The van der Waals surface area contributed by atoms with Crippen LogP contribution in [0.1, 0.15) is 10.4 Å². The van der Waals surface area contributed by atoms with Gasteiger partial charge in [-0.05, 0) is 17.7 Å². The molecule has 0 aliphatic carbocycles. The molecule has 1 saturated heterocycles. The number of methoxy groups -OCH3 is 2. The molecule has 7 heteroatoms. The molecular formula is C22H24N4O3. The number of ether oxygens (including phenoxy) is 2. The van der Waals surface area contributed by atoms with Gasteiger partial charge < -0.3 is 19.3 Å². The van der Waals surface area contributed by atoms with Crippen molar-refractivity contribution >= 4 is 11.7 Å². The van der Waals surface area contributed by atoms with Gasteiger partial charge in [-0.15, -0.1) is 0 Å². The number of amides is 1. The van der Waals surface area contributed by atoms with Gasteiger partial charge in [-0.1, -0.05) is 36.4 Å². The maximum atomic E-state index is 13.0. The maximum Gasteiger partial charge on any atom is 0.257 e. The van der Waals surface area contributed by atoms with Gasteiger partial charge in [0.1, 0.15) is 0 Å². The standard InChI is InChI=1S/C22H24N4O3/c1-28-19-10-6-9-17(21(19)29-2)22(27)26-13-11-25(12-14-26)20-15-18(23-24-20)16-7-4-3-5-8-16/h3-10,15H,11-14H2,1-2H3,(H,23,24). The van der Waals surface area contributed by atoms with E-state index in [9.17, 15) is 4.79 Å². The van der Waals surface area contributed by atoms with Gasteiger partial charge in [0.15, 0.2) is 17.3 Å². The van der Waals surface area contributed by atoms with Crippen LogP contribution in [0, 0.1) is 0 Å². The second-order valence-corrected chi connectivity index (χ2v) is 6.83. The Kier molecular flexibility index (Phi) is 5.37. The number of nitrogens with one attached hydrogen (secondary N) is 1. The van der Waals surface area contributed by atoms with E-state index in [1.54, 1.807) is 32.4 Å². The fourth-order valence-corrected chi connectivity index (χ4v) is 3.60. The number of nitrogens with zero attached hydrogens (tertiary/aromatic N) is 3. The Balaban J connectivity index is 1.44. The van der Waals surface area contributed by atoms with Crippen molar-refractivity contribution in [3.05, 3.63) is 60.2 Å². The van der Waals surface area contributed by atoms with Crippen molar-refractivity contribution in [1.29, 1.82) is 0 Å². The number of aromatic amines is 1. The van der Waals surface area contributed by atoms with Crippen molar-refractivity contribution in [1.82, 2.24) is 15.1 Å². The number of anilines is 1. The van der Waals surface area contributed by atoms with Crippen LogP contribution in [0.2, 0.25) is 0 Å². The number of piperazine rings is 1. The highest BCUT2D eigenvalue weighted by Crippen LogP contribution is 2.32. The molecule has 1 N–H and O–H groups in total. The smallest absolute Gasteiger partial charge is 0.257 e. The fourth-order valence-electron chi connectivity index (χ4n) is 3.60. The predicted octanol–water partition coefficient (Wildman–Crippen LogP) is 3.06. The Bertz CT molecular complexity index is 979. The lowest BCUT2D eigenvalue weighted by Gasteiger charge is -2.35. The normalized spacial score (nSPS) is 14.0. The van der Waals surface area contributed by atoms with Crippen molar-refractivity contribution in [2.45, 2.75) is 0 Å². The molecule has 0 unspecified atom stereocenters. The average Bonchev–Trinajstić information content (AvgIpc) is 3.29. The molecule has 0 atom stereocenters. The molecule has 4 rings (SSSR count). The number of hydrogen-bond donors (Lipinski definition) is 1. The van der Waals surface area contributed by atoms with Gasteiger partial charge in [0.05, 0.1) is 25.5 Å². The number of carbonyl (C=O) groups excluding carboxylic acids is 1. The van der Waals surface area contributed by atoms with Crippen molar-refractivity contribution < 1.29 is 14.3 Å². The summed E-state index contributed by atoms with van der Waals surface area (Å²) < 4.78 is 10.7. The summed E-state index contributed by atoms with van der Waals surface area (Å²) in [6.07, 6.45) is 0. The quantitative estimate of drug-likeness (QED) is 0.723. The highest BCUT2D eigenvalue weighted by atomic mass is 16.5. The van der Waals surface area contributed by atoms with E-state index in [4.69, 9.17) is 9.47 Å². The van der Waals surface area contributed by atoms with Crippen molar-refractivity contribution in [3.8, 4) is 22.8 Å². The van der Waals surface area contributed by atoms with Crippen LogP contribution < -0.4 is 14.4 Å².